The first-order valence-corrected chi connectivity index (χ1v) is 7.96. The molecule has 6 heteroatoms. The summed E-state index contributed by atoms with van der Waals surface area (Å²) in [7, 11) is 0. The van der Waals surface area contributed by atoms with Crippen molar-refractivity contribution in [3.05, 3.63) is 16.3 Å². The Kier molecular flexibility index (Phi) is 3.00. The molecule has 1 saturated heterocycles. The van der Waals surface area contributed by atoms with Crippen LogP contribution in [0.15, 0.2) is 4.52 Å². The van der Waals surface area contributed by atoms with Crippen molar-refractivity contribution in [1.82, 2.24) is 10.1 Å². The quantitative estimate of drug-likeness (QED) is 0.921. The van der Waals surface area contributed by atoms with E-state index in [-0.39, 0.29) is 5.92 Å². The molecule has 20 heavy (non-hydrogen) atoms. The number of nitrogen functional groups attached to an aromatic ring is 1. The minimum absolute atomic E-state index is 0.267. The second-order valence-corrected chi connectivity index (χ2v) is 6.61. The van der Waals surface area contributed by atoms with Gasteiger partial charge in [-0.05, 0) is 37.7 Å². The SMILES string of the molecule is Nc1sc2c(c1-c1nc(C3CCOC3)no1)CCCC2. The second-order valence-electron chi connectivity index (χ2n) is 5.47. The first-order valence-electron chi connectivity index (χ1n) is 7.14. The average molecular weight is 291 g/mol. The average Bonchev–Trinajstić information content (AvgIpc) is 3.16. The minimum atomic E-state index is 0.267. The van der Waals surface area contributed by atoms with Crippen LogP contribution in [0.5, 0.6) is 0 Å². The van der Waals surface area contributed by atoms with E-state index in [0.717, 1.165) is 42.3 Å². The second kappa shape index (κ2) is 4.86. The van der Waals surface area contributed by atoms with Gasteiger partial charge >= 0.3 is 0 Å². The van der Waals surface area contributed by atoms with Crippen LogP contribution in [0.1, 0.15) is 41.4 Å². The summed E-state index contributed by atoms with van der Waals surface area (Å²) < 4.78 is 10.9. The normalized spacial score (nSPS) is 22.1. The van der Waals surface area contributed by atoms with Gasteiger partial charge in [-0.25, -0.2) is 0 Å². The molecule has 106 valence electrons. The topological polar surface area (TPSA) is 74.2 Å². The zero-order chi connectivity index (χ0) is 13.5. The Morgan fingerprint density at radius 1 is 1.25 bits per heavy atom. The van der Waals surface area contributed by atoms with E-state index in [1.807, 2.05) is 0 Å². The largest absolute Gasteiger partial charge is 0.390 e. The van der Waals surface area contributed by atoms with Crippen molar-refractivity contribution in [1.29, 1.82) is 0 Å². The fourth-order valence-electron chi connectivity index (χ4n) is 3.06. The molecule has 5 nitrogen and oxygen atoms in total. The van der Waals surface area contributed by atoms with Gasteiger partial charge in [0, 0.05) is 17.4 Å². The van der Waals surface area contributed by atoms with Crippen molar-refractivity contribution in [3.8, 4) is 11.5 Å². The van der Waals surface area contributed by atoms with Gasteiger partial charge in [-0.1, -0.05) is 5.16 Å². The van der Waals surface area contributed by atoms with Gasteiger partial charge in [0.05, 0.1) is 17.2 Å². The van der Waals surface area contributed by atoms with Gasteiger partial charge < -0.3 is 15.0 Å². The summed E-state index contributed by atoms with van der Waals surface area (Å²) in [6.45, 7) is 1.47. The number of rotatable bonds is 2. The summed E-state index contributed by atoms with van der Waals surface area (Å²) in [5.74, 6) is 1.61. The third kappa shape index (κ3) is 1.94. The molecule has 4 rings (SSSR count). The molecular formula is C14H17N3O2S. The molecule has 1 atom stereocenters. The van der Waals surface area contributed by atoms with Crippen molar-refractivity contribution >= 4 is 16.3 Å². The molecule has 1 aliphatic heterocycles. The molecule has 2 aromatic rings. The van der Waals surface area contributed by atoms with Gasteiger partial charge in [0.25, 0.3) is 5.89 Å². The maximum absolute atomic E-state index is 6.18. The predicted octanol–water partition coefficient (Wildman–Crippen LogP) is 2.76. The summed E-state index contributed by atoms with van der Waals surface area (Å²) in [6, 6.07) is 0. The highest BCUT2D eigenvalue weighted by Crippen LogP contribution is 2.42. The lowest BCUT2D eigenvalue weighted by Crippen LogP contribution is -2.01. The lowest BCUT2D eigenvalue weighted by Gasteiger charge is -2.10. The number of aromatic nitrogens is 2. The highest BCUT2D eigenvalue weighted by atomic mass is 32.1. The van der Waals surface area contributed by atoms with Gasteiger partial charge in [0.15, 0.2) is 5.82 Å². The molecule has 2 aromatic heterocycles. The molecule has 1 unspecified atom stereocenters. The van der Waals surface area contributed by atoms with Gasteiger partial charge in [0.1, 0.15) is 0 Å². The van der Waals surface area contributed by atoms with Crippen LogP contribution in [0.2, 0.25) is 0 Å². The molecule has 0 amide bonds. The number of nitrogens with zero attached hydrogens (tertiary/aromatic N) is 2. The molecule has 1 fully saturated rings. The van der Waals surface area contributed by atoms with Crippen molar-refractivity contribution in [2.24, 2.45) is 0 Å². The van der Waals surface area contributed by atoms with Crippen molar-refractivity contribution in [2.75, 3.05) is 18.9 Å². The first-order chi connectivity index (χ1) is 9.83. The van der Waals surface area contributed by atoms with E-state index in [0.29, 0.717) is 12.5 Å². The number of hydrogen-bond acceptors (Lipinski definition) is 6. The third-order valence-electron chi connectivity index (χ3n) is 4.15. The van der Waals surface area contributed by atoms with Crippen LogP contribution in [0.3, 0.4) is 0 Å². The van der Waals surface area contributed by atoms with Crippen LogP contribution in [0.25, 0.3) is 11.5 Å². The van der Waals surface area contributed by atoms with Crippen LogP contribution < -0.4 is 5.73 Å². The molecular weight excluding hydrogens is 274 g/mol. The highest BCUT2D eigenvalue weighted by Gasteiger charge is 2.27. The number of thiophene rings is 1. The Bertz CT molecular complexity index is 628. The molecule has 0 spiro atoms. The predicted molar refractivity (Wildman–Crippen MR) is 76.8 cm³/mol. The van der Waals surface area contributed by atoms with E-state index in [4.69, 9.17) is 15.0 Å². The van der Waals surface area contributed by atoms with E-state index in [1.165, 1.54) is 23.3 Å². The van der Waals surface area contributed by atoms with Crippen LogP contribution in [-0.4, -0.2) is 23.4 Å². The van der Waals surface area contributed by atoms with Crippen LogP contribution in [0, 0.1) is 0 Å². The van der Waals surface area contributed by atoms with Crippen LogP contribution >= 0.6 is 11.3 Å². The number of anilines is 1. The summed E-state index contributed by atoms with van der Waals surface area (Å²) in [6.07, 6.45) is 5.63. The van der Waals surface area contributed by atoms with Crippen molar-refractivity contribution < 1.29 is 9.26 Å². The standard InChI is InChI=1S/C14H17N3O2S/c15-12-11(9-3-1-2-4-10(9)20-12)14-16-13(17-19-14)8-5-6-18-7-8/h8H,1-7,15H2. The Balaban J connectivity index is 1.72. The van der Waals surface area contributed by atoms with E-state index < -0.39 is 0 Å². The molecule has 2 aliphatic rings. The number of hydrogen-bond donors (Lipinski definition) is 1. The number of aryl methyl sites for hydroxylation is 1. The monoisotopic (exact) mass is 291 g/mol. The molecule has 1 aliphatic carbocycles. The fourth-order valence-corrected chi connectivity index (χ4v) is 4.21. The Hall–Kier alpha value is -1.40. The zero-order valence-corrected chi connectivity index (χ0v) is 12.0. The van der Waals surface area contributed by atoms with Crippen molar-refractivity contribution in [2.45, 2.75) is 38.0 Å². The highest BCUT2D eigenvalue weighted by molar-refractivity contribution is 7.16. The lowest BCUT2D eigenvalue weighted by atomic mass is 9.95. The summed E-state index contributed by atoms with van der Waals surface area (Å²) in [5, 5.41) is 4.94. The molecule has 0 saturated carbocycles. The molecule has 2 N–H and O–H groups in total. The smallest absolute Gasteiger partial charge is 0.261 e. The molecule has 3 heterocycles. The van der Waals surface area contributed by atoms with Gasteiger partial charge in [-0.2, -0.15) is 4.98 Å². The zero-order valence-electron chi connectivity index (χ0n) is 11.2. The molecule has 0 aromatic carbocycles. The maximum atomic E-state index is 6.18. The minimum Gasteiger partial charge on any atom is -0.390 e. The third-order valence-corrected chi connectivity index (χ3v) is 5.27. The summed E-state index contributed by atoms with van der Waals surface area (Å²) in [5.41, 5.74) is 8.50. The maximum Gasteiger partial charge on any atom is 0.261 e. The van der Waals surface area contributed by atoms with Gasteiger partial charge in [0.2, 0.25) is 0 Å². The van der Waals surface area contributed by atoms with Crippen LogP contribution in [0.4, 0.5) is 5.00 Å². The first kappa shape index (κ1) is 12.3. The number of fused-ring (bicyclic) bond motifs is 1. The van der Waals surface area contributed by atoms with E-state index >= 15 is 0 Å². The van der Waals surface area contributed by atoms with Crippen molar-refractivity contribution in [3.63, 3.8) is 0 Å². The van der Waals surface area contributed by atoms with E-state index in [1.54, 1.807) is 11.3 Å². The Labute approximate surface area is 121 Å². The van der Waals surface area contributed by atoms with Gasteiger partial charge in [-0.3, -0.25) is 0 Å². The number of ether oxygens (including phenoxy) is 1. The van der Waals surface area contributed by atoms with E-state index in [2.05, 4.69) is 10.1 Å². The Morgan fingerprint density at radius 2 is 2.15 bits per heavy atom. The lowest BCUT2D eigenvalue weighted by molar-refractivity contribution is 0.192. The Morgan fingerprint density at radius 3 is 3.00 bits per heavy atom. The molecule has 0 radical (unpaired) electrons. The fraction of sp³-hybridized carbons (Fsp3) is 0.571. The summed E-state index contributed by atoms with van der Waals surface area (Å²) in [4.78, 5) is 5.97. The van der Waals surface area contributed by atoms with Crippen LogP contribution in [-0.2, 0) is 17.6 Å². The number of nitrogens with two attached hydrogens (primary N) is 1. The van der Waals surface area contributed by atoms with Gasteiger partial charge in [-0.15, -0.1) is 11.3 Å². The summed E-state index contributed by atoms with van der Waals surface area (Å²) >= 11 is 1.68. The molecule has 0 bridgehead atoms. The van der Waals surface area contributed by atoms with E-state index in [9.17, 15) is 0 Å².